The molecule has 0 aliphatic carbocycles. The molecule has 80 valence electrons. The molecule has 2 nitrogen and oxygen atoms in total. The second-order valence-electron chi connectivity index (χ2n) is 3.86. The summed E-state index contributed by atoms with van der Waals surface area (Å²) in [5.74, 6) is 0. The highest BCUT2D eigenvalue weighted by atomic mass is 15.0. The average Bonchev–Trinajstić information content (AvgIpc) is 2.31. The van der Waals surface area contributed by atoms with Crippen LogP contribution in [0.4, 0.5) is 0 Å². The minimum atomic E-state index is -0.180. The third kappa shape index (κ3) is 2.16. The second-order valence-corrected chi connectivity index (χ2v) is 3.86. The summed E-state index contributed by atoms with van der Waals surface area (Å²) in [5.41, 5.74) is 10.7. The van der Waals surface area contributed by atoms with Gasteiger partial charge in [0.05, 0.1) is 0 Å². The van der Waals surface area contributed by atoms with E-state index in [1.807, 2.05) is 42.5 Å². The van der Waals surface area contributed by atoms with Crippen molar-refractivity contribution in [2.45, 2.75) is 13.0 Å². The third-order valence-corrected chi connectivity index (χ3v) is 2.60. The van der Waals surface area contributed by atoms with Crippen molar-refractivity contribution >= 4 is 0 Å². The van der Waals surface area contributed by atoms with E-state index in [9.17, 15) is 0 Å². The molecule has 0 fully saturated rings. The van der Waals surface area contributed by atoms with Gasteiger partial charge in [-0.05, 0) is 18.1 Å². The number of nitrogens with zero attached hydrogens (tertiary/aromatic N) is 1. The topological polar surface area (TPSA) is 36.2 Å². The number of hydrogen-bond donors (Lipinski definition) is 1. The fraction of sp³-hybridized carbons (Fsp3) is 0.143. The van der Waals surface area contributed by atoms with Crippen molar-refractivity contribution in [1.29, 1.82) is 5.53 Å². The molecule has 1 unspecified atom stereocenters. The molecule has 0 amide bonds. The van der Waals surface area contributed by atoms with Crippen LogP contribution in [-0.4, -0.2) is 0 Å². The number of aryl methyl sites for hydroxylation is 1. The zero-order chi connectivity index (χ0) is 11.4. The Morgan fingerprint density at radius 3 is 2.25 bits per heavy atom. The Morgan fingerprint density at radius 1 is 0.938 bits per heavy atom. The van der Waals surface area contributed by atoms with E-state index in [0.717, 1.165) is 11.1 Å². The Balaban J connectivity index is 2.41. The van der Waals surface area contributed by atoms with Gasteiger partial charge in [-0.15, -0.1) is 0 Å². The van der Waals surface area contributed by atoms with E-state index in [4.69, 9.17) is 5.53 Å². The van der Waals surface area contributed by atoms with E-state index in [2.05, 4.69) is 24.2 Å². The van der Waals surface area contributed by atoms with Gasteiger partial charge in [0.1, 0.15) is 6.04 Å². The molecule has 0 aliphatic heterocycles. The highest BCUT2D eigenvalue weighted by Crippen LogP contribution is 2.25. The molecule has 0 spiro atoms. The van der Waals surface area contributed by atoms with Crippen LogP contribution in [0, 0.1) is 12.5 Å². The first-order chi connectivity index (χ1) is 7.81. The first-order valence-corrected chi connectivity index (χ1v) is 5.29. The molecule has 0 saturated carbocycles. The van der Waals surface area contributed by atoms with Gasteiger partial charge in [0, 0.05) is 0 Å². The molecule has 2 heteroatoms. The normalized spacial score (nSPS) is 12.1. The molecule has 1 atom stereocenters. The minimum Gasteiger partial charge on any atom is -0.209 e. The van der Waals surface area contributed by atoms with Crippen molar-refractivity contribution in [3.05, 3.63) is 71.3 Å². The van der Waals surface area contributed by atoms with Crippen LogP contribution < -0.4 is 0 Å². The number of nitrogens with one attached hydrogen (secondary N) is 1. The fourth-order valence-electron chi connectivity index (χ4n) is 1.82. The van der Waals surface area contributed by atoms with E-state index >= 15 is 0 Å². The van der Waals surface area contributed by atoms with E-state index in [0.29, 0.717) is 0 Å². The molecule has 2 rings (SSSR count). The molecule has 2 aromatic carbocycles. The zero-order valence-electron chi connectivity index (χ0n) is 9.22. The summed E-state index contributed by atoms with van der Waals surface area (Å²) in [6, 6.07) is 17.9. The van der Waals surface area contributed by atoms with Gasteiger partial charge in [0.2, 0.25) is 0 Å². The molecular formula is C14H14N2. The molecule has 16 heavy (non-hydrogen) atoms. The second kappa shape index (κ2) is 4.71. The van der Waals surface area contributed by atoms with E-state index in [-0.39, 0.29) is 6.04 Å². The van der Waals surface area contributed by atoms with Crippen molar-refractivity contribution in [3.63, 3.8) is 0 Å². The van der Waals surface area contributed by atoms with E-state index in [1.54, 1.807) is 0 Å². The van der Waals surface area contributed by atoms with Crippen molar-refractivity contribution in [3.8, 4) is 0 Å². The molecule has 2 aromatic rings. The van der Waals surface area contributed by atoms with E-state index in [1.165, 1.54) is 5.56 Å². The van der Waals surface area contributed by atoms with Gasteiger partial charge < -0.3 is 0 Å². The maximum absolute atomic E-state index is 7.33. The lowest BCUT2D eigenvalue weighted by Gasteiger charge is -2.11. The van der Waals surface area contributed by atoms with Gasteiger partial charge in [-0.25, -0.2) is 5.53 Å². The van der Waals surface area contributed by atoms with Gasteiger partial charge in [-0.1, -0.05) is 60.2 Å². The molecule has 0 aromatic heterocycles. The van der Waals surface area contributed by atoms with Crippen molar-refractivity contribution < 1.29 is 0 Å². The first-order valence-electron chi connectivity index (χ1n) is 5.29. The van der Waals surface area contributed by atoms with Gasteiger partial charge in [-0.2, -0.15) is 5.11 Å². The summed E-state index contributed by atoms with van der Waals surface area (Å²) in [7, 11) is 0. The maximum Gasteiger partial charge on any atom is 0.121 e. The van der Waals surface area contributed by atoms with Gasteiger partial charge in [0.25, 0.3) is 0 Å². The standard InChI is InChI=1S/C14H14N2/c1-11-6-5-9-13(10-11)14(16-15)12-7-3-2-4-8-12/h2-10,14-15H,1H3. The van der Waals surface area contributed by atoms with Crippen LogP contribution in [0.25, 0.3) is 0 Å². The lowest BCUT2D eigenvalue weighted by atomic mass is 9.98. The molecule has 0 bridgehead atoms. The first kappa shape index (κ1) is 10.6. The Kier molecular flexibility index (Phi) is 3.10. The zero-order valence-corrected chi connectivity index (χ0v) is 9.22. The number of rotatable bonds is 3. The monoisotopic (exact) mass is 210 g/mol. The van der Waals surface area contributed by atoms with Gasteiger partial charge in [-0.3, -0.25) is 0 Å². The van der Waals surface area contributed by atoms with Crippen LogP contribution in [0.2, 0.25) is 0 Å². The van der Waals surface area contributed by atoms with Crippen molar-refractivity contribution in [2.24, 2.45) is 5.11 Å². The predicted molar refractivity (Wildman–Crippen MR) is 64.6 cm³/mol. The number of benzene rings is 2. The fourth-order valence-corrected chi connectivity index (χ4v) is 1.82. The highest BCUT2D eigenvalue weighted by molar-refractivity contribution is 5.33. The van der Waals surface area contributed by atoms with Crippen molar-refractivity contribution in [2.75, 3.05) is 0 Å². The lowest BCUT2D eigenvalue weighted by Crippen LogP contribution is -1.97. The third-order valence-electron chi connectivity index (χ3n) is 2.60. The summed E-state index contributed by atoms with van der Waals surface area (Å²) in [6.07, 6.45) is 0. The quantitative estimate of drug-likeness (QED) is 0.740. The molecular weight excluding hydrogens is 196 g/mol. The molecule has 1 N–H and O–H groups in total. The summed E-state index contributed by atoms with van der Waals surface area (Å²) in [6.45, 7) is 2.05. The molecule has 0 radical (unpaired) electrons. The van der Waals surface area contributed by atoms with Crippen LogP contribution in [0.5, 0.6) is 0 Å². The molecule has 0 aliphatic rings. The lowest BCUT2D eigenvalue weighted by molar-refractivity contribution is 0.775. The minimum absolute atomic E-state index is 0.180. The van der Waals surface area contributed by atoms with E-state index < -0.39 is 0 Å². The SMILES string of the molecule is Cc1cccc(C(N=N)c2ccccc2)c1. The summed E-state index contributed by atoms with van der Waals surface area (Å²) < 4.78 is 0. The van der Waals surface area contributed by atoms with Crippen LogP contribution in [0.3, 0.4) is 0 Å². The smallest absolute Gasteiger partial charge is 0.121 e. The maximum atomic E-state index is 7.33. The summed E-state index contributed by atoms with van der Waals surface area (Å²) in [4.78, 5) is 0. The largest absolute Gasteiger partial charge is 0.209 e. The Hall–Kier alpha value is -1.96. The number of hydrogen-bond acceptors (Lipinski definition) is 2. The van der Waals surface area contributed by atoms with Gasteiger partial charge in [0.15, 0.2) is 0 Å². The Morgan fingerprint density at radius 2 is 1.62 bits per heavy atom. The summed E-state index contributed by atoms with van der Waals surface area (Å²) in [5, 5.41) is 3.72. The molecule has 0 saturated heterocycles. The van der Waals surface area contributed by atoms with Crippen LogP contribution in [-0.2, 0) is 0 Å². The Labute approximate surface area is 95.5 Å². The van der Waals surface area contributed by atoms with Crippen LogP contribution in [0.1, 0.15) is 22.7 Å². The highest BCUT2D eigenvalue weighted by Gasteiger charge is 2.11. The van der Waals surface area contributed by atoms with Crippen LogP contribution in [0.15, 0.2) is 59.7 Å². The molecule has 0 heterocycles. The van der Waals surface area contributed by atoms with Gasteiger partial charge >= 0.3 is 0 Å². The average molecular weight is 210 g/mol. The Bertz CT molecular complexity index is 477. The summed E-state index contributed by atoms with van der Waals surface area (Å²) >= 11 is 0. The predicted octanol–water partition coefficient (Wildman–Crippen LogP) is 4.12. The van der Waals surface area contributed by atoms with Crippen LogP contribution >= 0.6 is 0 Å². The van der Waals surface area contributed by atoms with Crippen molar-refractivity contribution in [1.82, 2.24) is 0 Å².